The van der Waals surface area contributed by atoms with Gasteiger partial charge < -0.3 is 10.1 Å². The highest BCUT2D eigenvalue weighted by atomic mass is 16.5. The van der Waals surface area contributed by atoms with Crippen molar-refractivity contribution < 1.29 is 4.74 Å². The molecule has 0 aromatic carbocycles. The van der Waals surface area contributed by atoms with Crippen molar-refractivity contribution in [1.29, 1.82) is 0 Å². The molecule has 2 rings (SSSR count). The molecule has 0 amide bonds. The van der Waals surface area contributed by atoms with Crippen molar-refractivity contribution in [2.45, 2.75) is 45.4 Å². The van der Waals surface area contributed by atoms with Crippen LogP contribution in [0.25, 0.3) is 0 Å². The molecule has 0 atom stereocenters. The Bertz CT molecular complexity index is 393. The summed E-state index contributed by atoms with van der Waals surface area (Å²) in [6.45, 7) is 6.96. The first kappa shape index (κ1) is 14.4. The molecule has 0 bridgehead atoms. The molecule has 0 radical (unpaired) electrons. The largest absolute Gasteiger partial charge is 0.383 e. The van der Waals surface area contributed by atoms with E-state index in [2.05, 4.69) is 29.1 Å². The number of ether oxygens (including phenoxy) is 1. The molecule has 4 heteroatoms. The smallest absolute Gasteiger partial charge is 0.131 e. The maximum Gasteiger partial charge on any atom is 0.131 e. The summed E-state index contributed by atoms with van der Waals surface area (Å²) in [4.78, 5) is 9.35. The monoisotopic (exact) mass is 263 g/mol. The van der Waals surface area contributed by atoms with Crippen LogP contribution in [0, 0.1) is 13.8 Å². The Morgan fingerprint density at radius 1 is 1.16 bits per heavy atom. The first-order valence-corrected chi connectivity index (χ1v) is 7.26. The Balaban J connectivity index is 1.82. The van der Waals surface area contributed by atoms with Crippen LogP contribution in [0.2, 0.25) is 0 Å². The van der Waals surface area contributed by atoms with Crippen LogP contribution in [0.4, 0.5) is 0 Å². The Hall–Kier alpha value is -1.00. The summed E-state index contributed by atoms with van der Waals surface area (Å²) in [6, 6.07) is 0. The van der Waals surface area contributed by atoms with Crippen molar-refractivity contribution in [2.24, 2.45) is 0 Å². The fourth-order valence-electron chi connectivity index (χ4n) is 2.34. The molecule has 1 aromatic rings. The van der Waals surface area contributed by atoms with Crippen molar-refractivity contribution in [3.63, 3.8) is 0 Å². The number of aryl methyl sites for hydroxylation is 2. The molecular weight excluding hydrogens is 238 g/mol. The zero-order valence-electron chi connectivity index (χ0n) is 12.3. The third-order valence-electron chi connectivity index (χ3n) is 3.64. The summed E-state index contributed by atoms with van der Waals surface area (Å²) in [5.41, 5.74) is 3.68. The molecule has 0 unspecified atom stereocenters. The summed E-state index contributed by atoms with van der Waals surface area (Å²) in [5.74, 6) is 1.71. The number of methoxy groups -OCH3 is 1. The predicted molar refractivity (Wildman–Crippen MR) is 76.5 cm³/mol. The predicted octanol–water partition coefficient (Wildman–Crippen LogP) is 2.14. The maximum absolute atomic E-state index is 5.00. The van der Waals surface area contributed by atoms with E-state index >= 15 is 0 Å². The van der Waals surface area contributed by atoms with Crippen molar-refractivity contribution in [3.8, 4) is 0 Å². The summed E-state index contributed by atoms with van der Waals surface area (Å²) < 4.78 is 5.00. The van der Waals surface area contributed by atoms with Crippen molar-refractivity contribution >= 4 is 0 Å². The van der Waals surface area contributed by atoms with E-state index in [1.54, 1.807) is 7.11 Å². The molecule has 1 fully saturated rings. The van der Waals surface area contributed by atoms with Gasteiger partial charge in [-0.2, -0.15) is 0 Å². The molecule has 1 aromatic heterocycles. The Morgan fingerprint density at radius 3 is 2.42 bits per heavy atom. The number of nitrogens with zero attached hydrogens (tertiary/aromatic N) is 2. The van der Waals surface area contributed by atoms with Crippen molar-refractivity contribution in [1.82, 2.24) is 15.3 Å². The molecule has 0 spiro atoms. The molecular formula is C15H25N3O. The van der Waals surface area contributed by atoms with E-state index in [0.717, 1.165) is 38.4 Å². The van der Waals surface area contributed by atoms with Crippen molar-refractivity contribution in [3.05, 3.63) is 22.8 Å². The van der Waals surface area contributed by atoms with Crippen LogP contribution in [0.1, 0.15) is 48.0 Å². The topological polar surface area (TPSA) is 47.0 Å². The second-order valence-electron chi connectivity index (χ2n) is 5.35. The fraction of sp³-hybridized carbons (Fsp3) is 0.733. The van der Waals surface area contributed by atoms with Gasteiger partial charge in [-0.25, -0.2) is 9.97 Å². The standard InChI is InChI=1S/C15H25N3O/c1-11-14(5-4-8-16-9-10-19-3)12(2)18-15(17-11)13-6-7-13/h13,16H,4-10H2,1-3H3. The van der Waals surface area contributed by atoms with E-state index in [1.165, 1.54) is 29.8 Å². The highest BCUT2D eigenvalue weighted by Crippen LogP contribution is 2.38. The van der Waals surface area contributed by atoms with Gasteiger partial charge in [-0.15, -0.1) is 0 Å². The Morgan fingerprint density at radius 2 is 1.84 bits per heavy atom. The first-order valence-electron chi connectivity index (χ1n) is 7.26. The summed E-state index contributed by atoms with van der Waals surface area (Å²) in [5, 5.41) is 3.37. The lowest BCUT2D eigenvalue weighted by molar-refractivity contribution is 0.199. The second-order valence-corrected chi connectivity index (χ2v) is 5.35. The minimum atomic E-state index is 0.641. The van der Waals surface area contributed by atoms with Crippen LogP contribution in [0.5, 0.6) is 0 Å². The van der Waals surface area contributed by atoms with Gasteiger partial charge in [0.1, 0.15) is 5.82 Å². The van der Waals surface area contributed by atoms with Gasteiger partial charge in [0.05, 0.1) is 6.61 Å². The normalized spacial score (nSPS) is 14.9. The molecule has 106 valence electrons. The maximum atomic E-state index is 5.00. The quantitative estimate of drug-likeness (QED) is 0.730. The van der Waals surface area contributed by atoms with Crippen LogP contribution in [-0.4, -0.2) is 36.8 Å². The van der Waals surface area contributed by atoms with E-state index in [4.69, 9.17) is 4.74 Å². The molecule has 1 N–H and O–H groups in total. The van der Waals surface area contributed by atoms with Crippen LogP contribution < -0.4 is 5.32 Å². The average Bonchev–Trinajstić information content (AvgIpc) is 3.20. The number of nitrogens with one attached hydrogen (secondary N) is 1. The molecule has 1 aliphatic carbocycles. The third kappa shape index (κ3) is 4.25. The summed E-state index contributed by atoms with van der Waals surface area (Å²) in [6.07, 6.45) is 4.71. The van der Waals surface area contributed by atoms with E-state index in [9.17, 15) is 0 Å². The van der Waals surface area contributed by atoms with Crippen LogP contribution in [0.15, 0.2) is 0 Å². The van der Waals surface area contributed by atoms with Gasteiger partial charge >= 0.3 is 0 Å². The van der Waals surface area contributed by atoms with Crippen molar-refractivity contribution in [2.75, 3.05) is 26.8 Å². The Labute approximate surface area is 116 Å². The van der Waals surface area contributed by atoms with E-state index in [-0.39, 0.29) is 0 Å². The van der Waals surface area contributed by atoms with Gasteiger partial charge in [0.2, 0.25) is 0 Å². The molecule has 19 heavy (non-hydrogen) atoms. The number of aromatic nitrogens is 2. The molecule has 1 saturated carbocycles. The number of hydrogen-bond donors (Lipinski definition) is 1. The lowest BCUT2D eigenvalue weighted by Crippen LogP contribution is -2.21. The van der Waals surface area contributed by atoms with Crippen LogP contribution in [-0.2, 0) is 11.2 Å². The average molecular weight is 263 g/mol. The van der Waals surface area contributed by atoms with Gasteiger partial charge in [0, 0.05) is 31.0 Å². The summed E-state index contributed by atoms with van der Waals surface area (Å²) in [7, 11) is 1.73. The highest BCUT2D eigenvalue weighted by Gasteiger charge is 2.27. The Kier molecular flexibility index (Phi) is 5.28. The first-order chi connectivity index (χ1) is 9.22. The molecule has 0 saturated heterocycles. The minimum absolute atomic E-state index is 0.641. The SMILES string of the molecule is COCCNCCCc1c(C)nc(C2CC2)nc1C. The van der Waals surface area contributed by atoms with E-state index < -0.39 is 0 Å². The lowest BCUT2D eigenvalue weighted by Gasteiger charge is -2.11. The molecule has 4 nitrogen and oxygen atoms in total. The van der Waals surface area contributed by atoms with Gasteiger partial charge in [-0.05, 0) is 51.6 Å². The number of rotatable bonds is 8. The third-order valence-corrected chi connectivity index (χ3v) is 3.64. The van der Waals surface area contributed by atoms with Gasteiger partial charge in [-0.3, -0.25) is 0 Å². The molecule has 1 heterocycles. The number of hydrogen-bond acceptors (Lipinski definition) is 4. The van der Waals surface area contributed by atoms with Crippen LogP contribution >= 0.6 is 0 Å². The van der Waals surface area contributed by atoms with E-state index in [1.807, 2.05) is 0 Å². The zero-order chi connectivity index (χ0) is 13.7. The van der Waals surface area contributed by atoms with Gasteiger partial charge in [0.15, 0.2) is 0 Å². The summed E-state index contributed by atoms with van der Waals surface area (Å²) >= 11 is 0. The minimum Gasteiger partial charge on any atom is -0.383 e. The van der Waals surface area contributed by atoms with Gasteiger partial charge in [-0.1, -0.05) is 0 Å². The molecule has 1 aliphatic rings. The van der Waals surface area contributed by atoms with Gasteiger partial charge in [0.25, 0.3) is 0 Å². The van der Waals surface area contributed by atoms with Crippen LogP contribution in [0.3, 0.4) is 0 Å². The zero-order valence-corrected chi connectivity index (χ0v) is 12.3. The second kappa shape index (κ2) is 6.96. The lowest BCUT2D eigenvalue weighted by atomic mass is 10.1. The highest BCUT2D eigenvalue weighted by molar-refractivity contribution is 5.26. The fourth-order valence-corrected chi connectivity index (χ4v) is 2.34. The molecule has 0 aliphatic heterocycles. The van der Waals surface area contributed by atoms with E-state index in [0.29, 0.717) is 5.92 Å².